The monoisotopic (exact) mass is 384 g/mol. The minimum Gasteiger partial charge on any atom is -0.337 e. The van der Waals surface area contributed by atoms with Crippen molar-refractivity contribution in [1.29, 1.82) is 0 Å². The van der Waals surface area contributed by atoms with Gasteiger partial charge in [0.05, 0.1) is 23.0 Å². The minimum absolute atomic E-state index is 0.0358. The molecule has 1 aliphatic heterocycles. The largest absolute Gasteiger partial charge is 0.337 e. The van der Waals surface area contributed by atoms with Crippen molar-refractivity contribution in [1.82, 2.24) is 29.8 Å². The van der Waals surface area contributed by atoms with Crippen LogP contribution in [0.15, 0.2) is 29.0 Å². The van der Waals surface area contributed by atoms with Crippen LogP contribution >= 0.6 is 11.8 Å². The summed E-state index contributed by atoms with van der Waals surface area (Å²) in [7, 11) is 0. The highest BCUT2D eigenvalue weighted by atomic mass is 32.2. The van der Waals surface area contributed by atoms with Crippen molar-refractivity contribution in [2.75, 3.05) is 24.6 Å². The Morgan fingerprint density at radius 2 is 2.07 bits per heavy atom. The van der Waals surface area contributed by atoms with Gasteiger partial charge in [-0.05, 0) is 19.1 Å². The molecule has 8 nitrogen and oxygen atoms in total. The van der Waals surface area contributed by atoms with Gasteiger partial charge in [-0.15, -0.1) is 0 Å². The van der Waals surface area contributed by atoms with Gasteiger partial charge in [-0.3, -0.25) is 4.79 Å². The van der Waals surface area contributed by atoms with Gasteiger partial charge in [-0.25, -0.2) is 9.67 Å². The van der Waals surface area contributed by atoms with Crippen molar-refractivity contribution >= 4 is 17.7 Å². The van der Waals surface area contributed by atoms with Crippen molar-refractivity contribution < 1.29 is 9.32 Å². The summed E-state index contributed by atoms with van der Waals surface area (Å²) in [4.78, 5) is 23.4. The number of aromatic nitrogens is 5. The van der Waals surface area contributed by atoms with Crippen LogP contribution in [0.1, 0.15) is 28.8 Å². The number of carbonyl (C=O) groups is 1. The second-order valence-electron chi connectivity index (χ2n) is 6.23. The fourth-order valence-electron chi connectivity index (χ4n) is 2.94. The summed E-state index contributed by atoms with van der Waals surface area (Å²) < 4.78 is 6.92. The van der Waals surface area contributed by atoms with Crippen molar-refractivity contribution in [2.24, 2.45) is 0 Å². The van der Waals surface area contributed by atoms with Crippen LogP contribution in [0.4, 0.5) is 0 Å². The van der Waals surface area contributed by atoms with Crippen LogP contribution in [-0.4, -0.2) is 60.3 Å². The lowest BCUT2D eigenvalue weighted by molar-refractivity contribution is 0.0771. The average Bonchev–Trinajstić information content (AvgIpc) is 3.35. The third kappa shape index (κ3) is 3.46. The predicted molar refractivity (Wildman–Crippen MR) is 102 cm³/mol. The maximum absolute atomic E-state index is 12.8. The van der Waals surface area contributed by atoms with Crippen molar-refractivity contribution in [3.05, 3.63) is 41.6 Å². The molecule has 0 unspecified atom stereocenters. The summed E-state index contributed by atoms with van der Waals surface area (Å²) in [5.41, 5.74) is 2.15. The second-order valence-corrected chi connectivity index (χ2v) is 7.46. The molecular formula is C18H20N6O2S. The van der Waals surface area contributed by atoms with E-state index in [0.29, 0.717) is 29.5 Å². The van der Waals surface area contributed by atoms with Gasteiger partial charge in [0, 0.05) is 37.2 Å². The summed E-state index contributed by atoms with van der Waals surface area (Å²) in [6.07, 6.45) is 4.02. The quantitative estimate of drug-likeness (QED) is 0.682. The Kier molecular flexibility index (Phi) is 4.93. The van der Waals surface area contributed by atoms with E-state index in [-0.39, 0.29) is 5.91 Å². The molecular weight excluding hydrogens is 364 g/mol. The van der Waals surface area contributed by atoms with Gasteiger partial charge in [0.1, 0.15) is 0 Å². The van der Waals surface area contributed by atoms with Crippen LogP contribution in [0.25, 0.3) is 17.3 Å². The van der Waals surface area contributed by atoms with Crippen LogP contribution < -0.4 is 0 Å². The van der Waals surface area contributed by atoms with E-state index in [1.807, 2.05) is 42.6 Å². The van der Waals surface area contributed by atoms with E-state index in [0.717, 1.165) is 35.9 Å². The van der Waals surface area contributed by atoms with E-state index in [9.17, 15) is 4.79 Å². The van der Waals surface area contributed by atoms with Crippen molar-refractivity contribution in [3.8, 4) is 17.3 Å². The van der Waals surface area contributed by atoms with Gasteiger partial charge < -0.3 is 9.42 Å². The Morgan fingerprint density at radius 1 is 1.26 bits per heavy atom. The van der Waals surface area contributed by atoms with Crippen LogP contribution in [0, 0.1) is 6.92 Å². The topological polar surface area (TPSA) is 89.9 Å². The summed E-state index contributed by atoms with van der Waals surface area (Å²) >= 11 is 1.88. The van der Waals surface area contributed by atoms with Crippen LogP contribution in [0.3, 0.4) is 0 Å². The van der Waals surface area contributed by atoms with E-state index < -0.39 is 0 Å². The SMILES string of the molecule is CCc1noc(-c2ccc(-n3ncc(C(=O)N4CCSCC4)c3C)nc2)n1. The van der Waals surface area contributed by atoms with Gasteiger partial charge >= 0.3 is 0 Å². The van der Waals surface area contributed by atoms with E-state index in [2.05, 4.69) is 20.2 Å². The number of pyridine rings is 1. The zero-order chi connectivity index (χ0) is 18.8. The van der Waals surface area contributed by atoms with E-state index in [1.54, 1.807) is 17.1 Å². The Balaban J connectivity index is 1.57. The van der Waals surface area contributed by atoms with Crippen LogP contribution in [-0.2, 0) is 6.42 Å². The summed E-state index contributed by atoms with van der Waals surface area (Å²) in [5.74, 6) is 3.75. The smallest absolute Gasteiger partial charge is 0.259 e. The maximum atomic E-state index is 12.8. The number of hydrogen-bond donors (Lipinski definition) is 0. The molecule has 4 rings (SSSR count). The molecule has 9 heteroatoms. The van der Waals surface area contributed by atoms with Gasteiger partial charge in [-0.1, -0.05) is 12.1 Å². The fraction of sp³-hybridized carbons (Fsp3) is 0.389. The van der Waals surface area contributed by atoms with E-state index >= 15 is 0 Å². The third-order valence-corrected chi connectivity index (χ3v) is 5.48. The Hall–Kier alpha value is -2.68. The average molecular weight is 384 g/mol. The molecule has 0 radical (unpaired) electrons. The first-order valence-electron chi connectivity index (χ1n) is 8.88. The highest BCUT2D eigenvalue weighted by Crippen LogP contribution is 2.20. The minimum atomic E-state index is 0.0358. The number of nitrogens with zero attached hydrogens (tertiary/aromatic N) is 6. The molecule has 3 aromatic rings. The number of carbonyl (C=O) groups excluding carboxylic acids is 1. The lowest BCUT2D eigenvalue weighted by Gasteiger charge is -2.26. The number of aryl methyl sites for hydroxylation is 1. The molecule has 1 saturated heterocycles. The highest BCUT2D eigenvalue weighted by Gasteiger charge is 2.23. The zero-order valence-corrected chi connectivity index (χ0v) is 16.1. The third-order valence-electron chi connectivity index (χ3n) is 4.53. The molecule has 0 aliphatic carbocycles. The summed E-state index contributed by atoms with van der Waals surface area (Å²) in [5, 5.41) is 8.27. The summed E-state index contributed by atoms with van der Waals surface area (Å²) in [6.45, 7) is 5.42. The van der Waals surface area contributed by atoms with E-state index in [4.69, 9.17) is 4.52 Å². The van der Waals surface area contributed by atoms with Gasteiger partial charge in [0.25, 0.3) is 11.8 Å². The molecule has 1 fully saturated rings. The molecule has 0 atom stereocenters. The lowest BCUT2D eigenvalue weighted by Crippen LogP contribution is -2.38. The molecule has 140 valence electrons. The first-order valence-corrected chi connectivity index (χ1v) is 10.0. The molecule has 0 N–H and O–H groups in total. The van der Waals surface area contributed by atoms with Crippen LogP contribution in [0.5, 0.6) is 0 Å². The zero-order valence-electron chi connectivity index (χ0n) is 15.3. The van der Waals surface area contributed by atoms with E-state index in [1.165, 1.54) is 0 Å². The van der Waals surface area contributed by atoms with Crippen molar-refractivity contribution in [3.63, 3.8) is 0 Å². The molecule has 0 saturated carbocycles. The first kappa shape index (κ1) is 17.7. The number of hydrogen-bond acceptors (Lipinski definition) is 7. The van der Waals surface area contributed by atoms with Gasteiger partial charge in [0.15, 0.2) is 11.6 Å². The molecule has 0 spiro atoms. The highest BCUT2D eigenvalue weighted by molar-refractivity contribution is 7.99. The predicted octanol–water partition coefficient (Wildman–Crippen LogP) is 2.38. The molecule has 3 aromatic heterocycles. The molecule has 27 heavy (non-hydrogen) atoms. The Morgan fingerprint density at radius 3 is 2.74 bits per heavy atom. The van der Waals surface area contributed by atoms with Crippen LogP contribution in [0.2, 0.25) is 0 Å². The standard InChI is InChI=1S/C18H20N6O2S/c1-3-15-21-17(26-22-15)13-4-5-16(19-10-13)24-12(2)14(11-20-24)18(25)23-6-8-27-9-7-23/h4-5,10-11H,3,6-9H2,1-2H3. The molecule has 0 aromatic carbocycles. The molecule has 4 heterocycles. The van der Waals surface area contributed by atoms with Gasteiger partial charge in [-0.2, -0.15) is 21.8 Å². The second kappa shape index (κ2) is 7.51. The molecule has 1 aliphatic rings. The Bertz CT molecular complexity index is 943. The number of thioether (sulfide) groups is 1. The first-order chi connectivity index (χ1) is 13.2. The van der Waals surface area contributed by atoms with Gasteiger partial charge in [0.2, 0.25) is 0 Å². The molecule has 0 bridgehead atoms. The van der Waals surface area contributed by atoms with Crippen molar-refractivity contribution in [2.45, 2.75) is 20.3 Å². The fourth-order valence-corrected chi connectivity index (χ4v) is 3.84. The Labute approximate surface area is 161 Å². The summed E-state index contributed by atoms with van der Waals surface area (Å²) in [6, 6.07) is 3.69. The maximum Gasteiger partial charge on any atom is 0.259 e. The normalized spacial score (nSPS) is 14.5. The number of rotatable bonds is 4. The number of amides is 1. The molecule has 1 amide bonds. The lowest BCUT2D eigenvalue weighted by atomic mass is 10.2.